The van der Waals surface area contributed by atoms with Crippen molar-refractivity contribution in [3.8, 4) is 0 Å². The smallest absolute Gasteiger partial charge is 0.475 e. The number of ether oxygens (including phenoxy) is 1. The van der Waals surface area contributed by atoms with Crippen LogP contribution in [0.1, 0.15) is 18.4 Å². The Hall–Kier alpha value is -2.39. The molecule has 2 heterocycles. The SMILES string of the molecule is C=CCN1CCO[C@@H]2CN(C(=O)CCc3ccccc3)CC[C@@H]2C1.O=C(O)C(F)(F)F. The van der Waals surface area contributed by atoms with Crippen LogP contribution in [0.5, 0.6) is 0 Å². The molecule has 1 N–H and O–H groups in total. The highest BCUT2D eigenvalue weighted by atomic mass is 19.4. The van der Waals surface area contributed by atoms with Crippen molar-refractivity contribution in [3.05, 3.63) is 48.6 Å². The van der Waals surface area contributed by atoms with E-state index in [0.717, 1.165) is 52.2 Å². The fourth-order valence-electron chi connectivity index (χ4n) is 3.75. The topological polar surface area (TPSA) is 70.1 Å². The number of carboxylic acid groups (broad SMARTS) is 1. The van der Waals surface area contributed by atoms with Gasteiger partial charge in [0.05, 0.1) is 12.7 Å². The van der Waals surface area contributed by atoms with Gasteiger partial charge in [0, 0.05) is 45.1 Å². The van der Waals surface area contributed by atoms with Crippen molar-refractivity contribution in [1.82, 2.24) is 9.80 Å². The lowest BCUT2D eigenvalue weighted by Crippen LogP contribution is -2.49. The number of piperidine rings is 1. The van der Waals surface area contributed by atoms with Crippen LogP contribution >= 0.6 is 0 Å². The predicted octanol–water partition coefficient (Wildman–Crippen LogP) is 2.99. The van der Waals surface area contributed by atoms with Gasteiger partial charge in [-0.15, -0.1) is 6.58 Å². The van der Waals surface area contributed by atoms with Gasteiger partial charge in [0.1, 0.15) is 0 Å². The van der Waals surface area contributed by atoms with Gasteiger partial charge in [0.2, 0.25) is 5.91 Å². The van der Waals surface area contributed by atoms with E-state index in [1.165, 1.54) is 5.56 Å². The number of carbonyl (C=O) groups excluding carboxylic acids is 1. The van der Waals surface area contributed by atoms with Crippen molar-refractivity contribution >= 4 is 11.9 Å². The predicted molar refractivity (Wildman–Crippen MR) is 110 cm³/mol. The maximum absolute atomic E-state index is 12.5. The minimum atomic E-state index is -5.08. The fourth-order valence-corrected chi connectivity index (χ4v) is 3.75. The normalized spacial score (nSPS) is 21.8. The fraction of sp³-hybridized carbons (Fsp3) is 0.545. The highest BCUT2D eigenvalue weighted by Crippen LogP contribution is 2.24. The minimum absolute atomic E-state index is 0.189. The zero-order valence-electron chi connectivity index (χ0n) is 17.4. The first-order chi connectivity index (χ1) is 14.7. The summed E-state index contributed by atoms with van der Waals surface area (Å²) < 4.78 is 37.8. The summed E-state index contributed by atoms with van der Waals surface area (Å²) in [6.45, 7) is 9.14. The second-order valence-electron chi connectivity index (χ2n) is 7.63. The van der Waals surface area contributed by atoms with Gasteiger partial charge in [-0.25, -0.2) is 4.79 Å². The molecule has 6 nitrogen and oxygen atoms in total. The van der Waals surface area contributed by atoms with E-state index in [-0.39, 0.29) is 12.0 Å². The van der Waals surface area contributed by atoms with Gasteiger partial charge in [0.15, 0.2) is 0 Å². The number of aliphatic carboxylic acids is 1. The van der Waals surface area contributed by atoms with Crippen LogP contribution in [-0.4, -0.2) is 78.4 Å². The van der Waals surface area contributed by atoms with Crippen LogP contribution in [0.3, 0.4) is 0 Å². The molecule has 3 rings (SSSR count). The maximum Gasteiger partial charge on any atom is 0.490 e. The summed E-state index contributed by atoms with van der Waals surface area (Å²) >= 11 is 0. The van der Waals surface area contributed by atoms with Crippen LogP contribution in [0.25, 0.3) is 0 Å². The monoisotopic (exact) mass is 442 g/mol. The summed E-state index contributed by atoms with van der Waals surface area (Å²) in [5, 5.41) is 7.12. The number of aryl methyl sites for hydroxylation is 1. The third-order valence-electron chi connectivity index (χ3n) is 5.38. The molecule has 0 unspecified atom stereocenters. The van der Waals surface area contributed by atoms with Crippen LogP contribution in [0.15, 0.2) is 43.0 Å². The highest BCUT2D eigenvalue weighted by molar-refractivity contribution is 5.76. The lowest BCUT2D eigenvalue weighted by molar-refractivity contribution is -0.192. The van der Waals surface area contributed by atoms with Crippen molar-refractivity contribution in [2.75, 3.05) is 39.3 Å². The number of carbonyl (C=O) groups is 2. The first-order valence-corrected chi connectivity index (χ1v) is 10.3. The molecule has 2 fully saturated rings. The Kier molecular flexibility index (Phi) is 9.51. The van der Waals surface area contributed by atoms with Gasteiger partial charge < -0.3 is 14.7 Å². The second kappa shape index (κ2) is 11.9. The highest BCUT2D eigenvalue weighted by Gasteiger charge is 2.38. The molecular weight excluding hydrogens is 413 g/mol. The molecule has 0 aromatic heterocycles. The number of amides is 1. The van der Waals surface area contributed by atoms with E-state index in [0.29, 0.717) is 12.3 Å². The van der Waals surface area contributed by atoms with E-state index in [4.69, 9.17) is 14.6 Å². The maximum atomic E-state index is 12.5. The minimum Gasteiger partial charge on any atom is -0.475 e. The van der Waals surface area contributed by atoms with Crippen molar-refractivity contribution < 1.29 is 32.6 Å². The number of carboxylic acids is 1. The van der Waals surface area contributed by atoms with E-state index >= 15 is 0 Å². The number of alkyl halides is 3. The summed E-state index contributed by atoms with van der Waals surface area (Å²) in [7, 11) is 0. The van der Waals surface area contributed by atoms with Crippen LogP contribution in [0.4, 0.5) is 13.2 Å². The van der Waals surface area contributed by atoms with Gasteiger partial charge >= 0.3 is 12.1 Å². The summed E-state index contributed by atoms with van der Waals surface area (Å²) in [6, 6.07) is 10.2. The molecule has 0 radical (unpaired) electrons. The molecule has 2 aliphatic rings. The third-order valence-corrected chi connectivity index (χ3v) is 5.38. The number of hydrogen-bond acceptors (Lipinski definition) is 4. The molecule has 0 aliphatic carbocycles. The second-order valence-corrected chi connectivity index (χ2v) is 7.63. The Morgan fingerprint density at radius 3 is 2.48 bits per heavy atom. The zero-order chi connectivity index (χ0) is 22.9. The van der Waals surface area contributed by atoms with Crippen molar-refractivity contribution in [1.29, 1.82) is 0 Å². The molecule has 2 aliphatic heterocycles. The zero-order valence-corrected chi connectivity index (χ0v) is 17.4. The number of benzene rings is 1. The van der Waals surface area contributed by atoms with Gasteiger partial charge in [-0.05, 0) is 18.4 Å². The molecular formula is C22H29F3N2O4. The molecule has 0 saturated carbocycles. The lowest BCUT2D eigenvalue weighted by atomic mass is 9.93. The molecule has 0 spiro atoms. The Morgan fingerprint density at radius 1 is 1.19 bits per heavy atom. The average molecular weight is 442 g/mol. The van der Waals surface area contributed by atoms with Crippen LogP contribution < -0.4 is 0 Å². The van der Waals surface area contributed by atoms with E-state index in [1.807, 2.05) is 29.2 Å². The number of halogens is 3. The number of rotatable bonds is 5. The van der Waals surface area contributed by atoms with E-state index < -0.39 is 12.1 Å². The Morgan fingerprint density at radius 2 is 1.87 bits per heavy atom. The van der Waals surface area contributed by atoms with Gasteiger partial charge in [-0.2, -0.15) is 13.2 Å². The molecule has 1 aromatic rings. The largest absolute Gasteiger partial charge is 0.490 e. The quantitative estimate of drug-likeness (QED) is 0.710. The van der Waals surface area contributed by atoms with Gasteiger partial charge in [-0.1, -0.05) is 36.4 Å². The third kappa shape index (κ3) is 8.34. The summed E-state index contributed by atoms with van der Waals surface area (Å²) in [5.74, 6) is -1.97. The van der Waals surface area contributed by atoms with E-state index in [1.54, 1.807) is 0 Å². The van der Waals surface area contributed by atoms with Crippen molar-refractivity contribution in [3.63, 3.8) is 0 Å². The molecule has 0 bridgehead atoms. The van der Waals surface area contributed by atoms with Gasteiger partial charge in [-0.3, -0.25) is 9.69 Å². The van der Waals surface area contributed by atoms with Crippen LogP contribution in [0.2, 0.25) is 0 Å². The molecule has 1 amide bonds. The summed E-state index contributed by atoms with van der Waals surface area (Å²) in [4.78, 5) is 25.9. The Balaban J connectivity index is 0.000000423. The molecule has 9 heteroatoms. The molecule has 2 saturated heterocycles. The van der Waals surface area contributed by atoms with Crippen LogP contribution in [-0.2, 0) is 20.7 Å². The first kappa shape index (κ1) is 24.9. The van der Waals surface area contributed by atoms with Crippen LogP contribution in [0, 0.1) is 5.92 Å². The summed E-state index contributed by atoms with van der Waals surface area (Å²) in [6.07, 6.45) is -0.491. The van der Waals surface area contributed by atoms with E-state index in [2.05, 4.69) is 23.6 Å². The standard InChI is InChI=1S/C20H28N2O2.C2HF3O2/c1-2-11-21-13-14-24-19-16-22(12-10-18(19)15-21)20(23)9-8-17-6-4-3-5-7-17;3-2(4,5)1(6)7/h2-7,18-19H,1,8-16H2;(H,6,7)/t18-,19-;/m1./s1. The van der Waals surface area contributed by atoms with Gasteiger partial charge in [0.25, 0.3) is 0 Å². The molecule has 172 valence electrons. The number of likely N-dealkylation sites (tertiary alicyclic amines) is 1. The molecule has 1 aromatic carbocycles. The average Bonchev–Trinajstić information content (AvgIpc) is 2.94. The van der Waals surface area contributed by atoms with Crippen molar-refractivity contribution in [2.24, 2.45) is 5.92 Å². The van der Waals surface area contributed by atoms with E-state index in [9.17, 15) is 18.0 Å². The molecule has 31 heavy (non-hydrogen) atoms. The number of fused-ring (bicyclic) bond motifs is 1. The Labute approximate surface area is 180 Å². The number of hydrogen-bond donors (Lipinski definition) is 1. The Bertz CT molecular complexity index is 727. The molecule has 2 atom stereocenters. The summed E-state index contributed by atoms with van der Waals surface area (Å²) in [5.41, 5.74) is 1.23. The van der Waals surface area contributed by atoms with Crippen molar-refractivity contribution in [2.45, 2.75) is 31.5 Å². The lowest BCUT2D eigenvalue weighted by Gasteiger charge is -2.38. The number of nitrogens with zero attached hydrogens (tertiary/aromatic N) is 2. The first-order valence-electron chi connectivity index (χ1n) is 10.3.